The van der Waals surface area contributed by atoms with Gasteiger partial charge >= 0.3 is 0 Å². The molecule has 0 unspecified atom stereocenters. The van der Waals surface area contributed by atoms with Gasteiger partial charge in [-0.2, -0.15) is 5.26 Å². The molecule has 2 aliphatic rings. The maximum absolute atomic E-state index is 7.32. The van der Waals surface area contributed by atoms with Crippen molar-refractivity contribution in [1.82, 2.24) is 0 Å². The molecule has 0 spiro atoms. The van der Waals surface area contributed by atoms with Gasteiger partial charge in [-0.3, -0.25) is 0 Å². The third-order valence-electron chi connectivity index (χ3n) is 3.39. The minimum Gasteiger partial charge on any atom is -0.199 e. The van der Waals surface area contributed by atoms with Gasteiger partial charge in [-0.05, 0) is 5.92 Å². The van der Waals surface area contributed by atoms with Crippen molar-refractivity contribution < 1.29 is 0 Å². The Balaban J connectivity index is -0.000000203. The number of hydrogen-bond acceptors (Lipinski definition) is 1. The minimum atomic E-state index is 1.04. The molecule has 0 aromatic carbocycles. The lowest BCUT2D eigenvalue weighted by molar-refractivity contribution is 0.385. The highest BCUT2D eigenvalue weighted by Gasteiger charge is 2.05. The minimum absolute atomic E-state index is 1.04. The Hall–Kier alpha value is -0.510. The van der Waals surface area contributed by atoms with E-state index in [0.717, 1.165) is 5.92 Å². The van der Waals surface area contributed by atoms with Crippen LogP contribution in [0.4, 0.5) is 0 Å². The standard InChI is InChI=1S/C7H14.C6H12.C2H3N.2C2H6/c1-7-5-3-2-4-6-7;1-2-4-6-5-3-1;1-2-3;2*1-2/h7H,2-6H2,1H3;1-6H2;1H3;2*1-2H3. The van der Waals surface area contributed by atoms with Gasteiger partial charge in [-0.1, -0.05) is 105 Å². The normalized spacial score (nSPS) is 17.1. The van der Waals surface area contributed by atoms with Crippen LogP contribution in [0.3, 0.4) is 0 Å². The van der Waals surface area contributed by atoms with Gasteiger partial charge in [0.15, 0.2) is 0 Å². The van der Waals surface area contributed by atoms with Gasteiger partial charge in [-0.15, -0.1) is 0 Å². The van der Waals surface area contributed by atoms with Crippen molar-refractivity contribution in [3.05, 3.63) is 0 Å². The summed E-state index contributed by atoms with van der Waals surface area (Å²) in [6.07, 6.45) is 16.4. The Bertz CT molecular complexity index is 148. The van der Waals surface area contributed by atoms with Gasteiger partial charge in [0, 0.05) is 6.92 Å². The van der Waals surface area contributed by atoms with Crippen molar-refractivity contribution >= 4 is 0 Å². The monoisotopic (exact) mass is 283 g/mol. The zero-order valence-corrected chi connectivity index (χ0v) is 15.3. The topological polar surface area (TPSA) is 23.8 Å². The molecule has 2 rings (SSSR count). The van der Waals surface area contributed by atoms with Gasteiger partial charge in [-0.25, -0.2) is 0 Å². The van der Waals surface area contributed by atoms with E-state index >= 15 is 0 Å². The van der Waals surface area contributed by atoms with Crippen LogP contribution in [0.15, 0.2) is 0 Å². The highest BCUT2D eigenvalue weighted by Crippen LogP contribution is 2.22. The lowest BCUT2D eigenvalue weighted by atomic mass is 9.91. The molecule has 0 aliphatic heterocycles. The van der Waals surface area contributed by atoms with Crippen LogP contribution in [0.25, 0.3) is 0 Å². The fourth-order valence-corrected chi connectivity index (χ4v) is 2.37. The molecule has 2 aliphatic carbocycles. The first-order valence-electron chi connectivity index (χ1n) is 9.12. The summed E-state index contributed by atoms with van der Waals surface area (Å²) in [7, 11) is 0. The van der Waals surface area contributed by atoms with Crippen LogP contribution in [0, 0.1) is 17.2 Å². The number of nitrogens with zero attached hydrogens (tertiary/aromatic N) is 1. The summed E-state index contributed by atoms with van der Waals surface area (Å²) in [6, 6.07) is 1.75. The van der Waals surface area contributed by atoms with E-state index in [1.165, 1.54) is 77.6 Å². The number of hydrogen-bond donors (Lipinski definition) is 0. The van der Waals surface area contributed by atoms with E-state index in [0.29, 0.717) is 0 Å². The van der Waals surface area contributed by atoms with E-state index in [-0.39, 0.29) is 0 Å². The summed E-state index contributed by atoms with van der Waals surface area (Å²) in [5.41, 5.74) is 0. The summed E-state index contributed by atoms with van der Waals surface area (Å²) < 4.78 is 0. The molecule has 0 amide bonds. The van der Waals surface area contributed by atoms with Gasteiger partial charge < -0.3 is 0 Å². The second-order valence-corrected chi connectivity index (χ2v) is 5.09. The molecule has 0 bridgehead atoms. The van der Waals surface area contributed by atoms with Crippen LogP contribution in [-0.4, -0.2) is 0 Å². The third-order valence-corrected chi connectivity index (χ3v) is 3.39. The second kappa shape index (κ2) is 26.9. The summed E-state index contributed by atoms with van der Waals surface area (Å²) in [5, 5.41) is 7.32. The van der Waals surface area contributed by atoms with Crippen molar-refractivity contribution in [2.45, 2.75) is 112 Å². The van der Waals surface area contributed by atoms with Gasteiger partial charge in [0.1, 0.15) is 0 Å². The van der Waals surface area contributed by atoms with Gasteiger partial charge in [0.05, 0.1) is 6.07 Å². The molecular formula is C19H41N. The summed E-state index contributed by atoms with van der Waals surface area (Å²) >= 11 is 0. The van der Waals surface area contributed by atoms with E-state index in [1.54, 1.807) is 6.07 Å². The maximum Gasteiger partial charge on any atom is 0.0587 e. The average molecular weight is 284 g/mol. The predicted octanol–water partition coefficient (Wildman–Crippen LogP) is 7.51. The molecule has 0 saturated heterocycles. The Morgan fingerprint density at radius 1 is 0.650 bits per heavy atom. The van der Waals surface area contributed by atoms with Crippen LogP contribution in [0.2, 0.25) is 0 Å². The molecule has 2 saturated carbocycles. The van der Waals surface area contributed by atoms with Crippen molar-refractivity contribution in [2.75, 3.05) is 0 Å². The first-order chi connectivity index (χ1) is 9.81. The van der Waals surface area contributed by atoms with E-state index < -0.39 is 0 Å². The van der Waals surface area contributed by atoms with E-state index in [1.807, 2.05) is 27.7 Å². The van der Waals surface area contributed by atoms with Crippen LogP contribution in [0.5, 0.6) is 0 Å². The molecular weight excluding hydrogens is 242 g/mol. The molecule has 0 atom stereocenters. The molecule has 0 heterocycles. The molecule has 0 aromatic heterocycles. The largest absolute Gasteiger partial charge is 0.199 e. The summed E-state index contributed by atoms with van der Waals surface area (Å²) in [4.78, 5) is 0. The summed E-state index contributed by atoms with van der Waals surface area (Å²) in [5.74, 6) is 1.04. The fraction of sp³-hybridized carbons (Fsp3) is 0.947. The number of nitriles is 1. The Morgan fingerprint density at radius 2 is 0.850 bits per heavy atom. The lowest BCUT2D eigenvalue weighted by Crippen LogP contribution is -1.99. The Labute approximate surface area is 130 Å². The quantitative estimate of drug-likeness (QED) is 0.451. The Morgan fingerprint density at radius 3 is 1.00 bits per heavy atom. The third kappa shape index (κ3) is 26.1. The molecule has 122 valence electrons. The lowest BCUT2D eigenvalue weighted by Gasteiger charge is -2.15. The molecule has 0 aromatic rings. The number of rotatable bonds is 0. The van der Waals surface area contributed by atoms with E-state index in [2.05, 4.69) is 6.92 Å². The van der Waals surface area contributed by atoms with Crippen LogP contribution in [-0.2, 0) is 0 Å². The smallest absolute Gasteiger partial charge is 0.0587 e. The fourth-order valence-electron chi connectivity index (χ4n) is 2.37. The zero-order valence-electron chi connectivity index (χ0n) is 15.3. The van der Waals surface area contributed by atoms with E-state index in [4.69, 9.17) is 5.26 Å². The van der Waals surface area contributed by atoms with E-state index in [9.17, 15) is 0 Å². The second-order valence-electron chi connectivity index (χ2n) is 5.09. The first-order valence-corrected chi connectivity index (χ1v) is 9.12. The van der Waals surface area contributed by atoms with Crippen molar-refractivity contribution in [3.8, 4) is 6.07 Å². The molecule has 20 heavy (non-hydrogen) atoms. The maximum atomic E-state index is 7.32. The van der Waals surface area contributed by atoms with Crippen LogP contribution in [0.1, 0.15) is 112 Å². The van der Waals surface area contributed by atoms with Crippen molar-refractivity contribution in [2.24, 2.45) is 5.92 Å². The SMILES string of the molecule is C1CCCCC1.CC.CC.CC#N.CC1CCCCC1. The average Bonchev–Trinajstić information content (AvgIpc) is 2.55. The predicted molar refractivity (Wildman–Crippen MR) is 93.9 cm³/mol. The first kappa shape index (κ1) is 24.5. The zero-order chi connectivity index (χ0) is 16.1. The summed E-state index contributed by atoms with van der Waals surface area (Å²) in [6.45, 7) is 11.8. The molecule has 0 N–H and O–H groups in total. The van der Waals surface area contributed by atoms with Gasteiger partial charge in [0.25, 0.3) is 0 Å². The van der Waals surface area contributed by atoms with Crippen molar-refractivity contribution in [3.63, 3.8) is 0 Å². The molecule has 1 nitrogen and oxygen atoms in total. The molecule has 1 heteroatoms. The highest BCUT2D eigenvalue weighted by molar-refractivity contribution is 4.59. The highest BCUT2D eigenvalue weighted by atomic mass is 14.2. The van der Waals surface area contributed by atoms with Crippen LogP contribution < -0.4 is 0 Å². The van der Waals surface area contributed by atoms with Crippen molar-refractivity contribution in [1.29, 1.82) is 5.26 Å². The molecule has 0 radical (unpaired) electrons. The van der Waals surface area contributed by atoms with Gasteiger partial charge in [0.2, 0.25) is 0 Å². The molecule has 2 fully saturated rings. The Kier molecular flexibility index (Phi) is 33.0. The van der Waals surface area contributed by atoms with Crippen LogP contribution >= 0.6 is 0 Å².